The fourth-order valence-corrected chi connectivity index (χ4v) is 2.88. The highest BCUT2D eigenvalue weighted by Gasteiger charge is 2.26. The van der Waals surface area contributed by atoms with Crippen molar-refractivity contribution in [2.24, 2.45) is 0 Å². The van der Waals surface area contributed by atoms with Crippen LogP contribution < -0.4 is 0 Å². The summed E-state index contributed by atoms with van der Waals surface area (Å²) >= 11 is 0. The number of hydrogen-bond donors (Lipinski definition) is 0. The molecule has 22 heavy (non-hydrogen) atoms. The van der Waals surface area contributed by atoms with Crippen LogP contribution in [0.2, 0.25) is 0 Å². The van der Waals surface area contributed by atoms with E-state index in [1.807, 2.05) is 52.8 Å². The van der Waals surface area contributed by atoms with Crippen molar-refractivity contribution in [3.8, 4) is 0 Å². The molecule has 2 aromatic rings. The van der Waals surface area contributed by atoms with Crippen LogP contribution in [0.1, 0.15) is 31.5 Å². The van der Waals surface area contributed by atoms with Crippen LogP contribution >= 0.6 is 0 Å². The highest BCUT2D eigenvalue weighted by Crippen LogP contribution is 2.26. The van der Waals surface area contributed by atoms with E-state index in [9.17, 15) is 4.79 Å². The normalized spacial score (nSPS) is 19.5. The number of hydrogen-bond acceptors (Lipinski definition) is 3. The number of pyridine rings is 1. The molecule has 5 heteroatoms. The molecule has 1 aliphatic rings. The van der Waals surface area contributed by atoms with Gasteiger partial charge in [0, 0.05) is 31.3 Å². The van der Waals surface area contributed by atoms with Crippen molar-refractivity contribution in [1.82, 2.24) is 19.5 Å². The first-order valence-electron chi connectivity index (χ1n) is 7.67. The molecule has 114 valence electrons. The van der Waals surface area contributed by atoms with Crippen LogP contribution in [0.3, 0.4) is 0 Å². The zero-order valence-electron chi connectivity index (χ0n) is 12.7. The first-order chi connectivity index (χ1) is 10.8. The summed E-state index contributed by atoms with van der Waals surface area (Å²) < 4.78 is 2.02. The third-order valence-corrected chi connectivity index (χ3v) is 3.98. The van der Waals surface area contributed by atoms with E-state index in [-0.39, 0.29) is 11.8 Å². The number of aromatic nitrogens is 3. The molecule has 1 amide bonds. The number of nitrogens with zero attached hydrogens (tertiary/aromatic N) is 4. The topological polar surface area (TPSA) is 50.5 Å². The van der Waals surface area contributed by atoms with Gasteiger partial charge in [0.15, 0.2) is 5.65 Å². The minimum absolute atomic E-state index is 0.0663. The van der Waals surface area contributed by atoms with E-state index in [0.29, 0.717) is 6.54 Å². The average molecular weight is 296 g/mol. The summed E-state index contributed by atoms with van der Waals surface area (Å²) in [6.45, 7) is 3.45. The number of carbonyl (C=O) groups is 1. The number of allylic oxidation sites excluding steroid dienone is 3. The second-order valence-electron chi connectivity index (χ2n) is 5.50. The van der Waals surface area contributed by atoms with Crippen LogP contribution in [-0.2, 0) is 4.79 Å². The zero-order chi connectivity index (χ0) is 15.4. The Bertz CT molecular complexity index is 716. The number of rotatable bonds is 3. The smallest absolute Gasteiger partial charge is 0.246 e. The second kappa shape index (κ2) is 6.56. The lowest BCUT2D eigenvalue weighted by Crippen LogP contribution is -2.38. The number of likely N-dealkylation sites (tertiary alicyclic amines) is 1. The molecule has 0 spiro atoms. The van der Waals surface area contributed by atoms with Crippen molar-refractivity contribution in [2.75, 3.05) is 13.1 Å². The van der Waals surface area contributed by atoms with Gasteiger partial charge < -0.3 is 4.90 Å². The lowest BCUT2D eigenvalue weighted by molar-refractivity contribution is -0.127. The van der Waals surface area contributed by atoms with Gasteiger partial charge in [-0.2, -0.15) is 0 Å². The quantitative estimate of drug-likeness (QED) is 0.646. The SMILES string of the molecule is C/C=C/C=C/C(=O)N1CCCC(c2nnc3ccccn23)C1. The summed E-state index contributed by atoms with van der Waals surface area (Å²) in [5.41, 5.74) is 0.855. The third-order valence-electron chi connectivity index (χ3n) is 3.98. The Morgan fingerprint density at radius 1 is 1.32 bits per heavy atom. The predicted molar refractivity (Wildman–Crippen MR) is 85.5 cm³/mol. The van der Waals surface area contributed by atoms with Crippen molar-refractivity contribution in [2.45, 2.75) is 25.7 Å². The van der Waals surface area contributed by atoms with Gasteiger partial charge in [-0.1, -0.05) is 24.3 Å². The van der Waals surface area contributed by atoms with Crippen LogP contribution in [0.4, 0.5) is 0 Å². The molecule has 3 heterocycles. The molecular formula is C17H20N4O. The Morgan fingerprint density at radius 2 is 2.23 bits per heavy atom. The molecule has 0 aromatic carbocycles. The standard InChI is InChI=1S/C17H20N4O/c1-2-3-4-10-16(22)20-11-7-8-14(13-20)17-19-18-15-9-5-6-12-21(15)17/h2-6,9-10,12,14H,7-8,11,13H2,1H3/b3-2+,10-4+. The van der Waals surface area contributed by atoms with Crippen molar-refractivity contribution < 1.29 is 4.79 Å². The molecule has 1 atom stereocenters. The van der Waals surface area contributed by atoms with Crippen LogP contribution in [0, 0.1) is 0 Å². The van der Waals surface area contributed by atoms with Gasteiger partial charge in [0.25, 0.3) is 0 Å². The van der Waals surface area contributed by atoms with Crippen LogP contribution in [0.25, 0.3) is 5.65 Å². The average Bonchev–Trinajstić information content (AvgIpc) is 2.99. The Hall–Kier alpha value is -2.43. The van der Waals surface area contributed by atoms with E-state index in [1.165, 1.54) is 0 Å². The lowest BCUT2D eigenvalue weighted by atomic mass is 9.97. The fourth-order valence-electron chi connectivity index (χ4n) is 2.88. The van der Waals surface area contributed by atoms with E-state index in [1.54, 1.807) is 12.2 Å². The molecule has 5 nitrogen and oxygen atoms in total. The molecule has 0 N–H and O–H groups in total. The minimum Gasteiger partial charge on any atom is -0.338 e. The molecule has 3 rings (SSSR count). The van der Waals surface area contributed by atoms with Crippen molar-refractivity contribution >= 4 is 11.6 Å². The molecule has 0 aliphatic carbocycles. The summed E-state index contributed by atoms with van der Waals surface area (Å²) in [6.07, 6.45) is 11.2. The first-order valence-corrected chi connectivity index (χ1v) is 7.67. The first kappa shape index (κ1) is 14.5. The molecule has 2 aromatic heterocycles. The Labute approximate surface area is 130 Å². The summed E-state index contributed by atoms with van der Waals surface area (Å²) in [6, 6.07) is 5.88. The second-order valence-corrected chi connectivity index (χ2v) is 5.50. The van der Waals surface area contributed by atoms with Gasteiger partial charge in [0.2, 0.25) is 5.91 Å². The maximum Gasteiger partial charge on any atom is 0.246 e. The third kappa shape index (κ3) is 2.93. The zero-order valence-corrected chi connectivity index (χ0v) is 12.7. The largest absolute Gasteiger partial charge is 0.338 e. The highest BCUT2D eigenvalue weighted by atomic mass is 16.2. The molecule has 0 saturated carbocycles. The van der Waals surface area contributed by atoms with Gasteiger partial charge in [-0.25, -0.2) is 0 Å². The number of amides is 1. The summed E-state index contributed by atoms with van der Waals surface area (Å²) in [5, 5.41) is 8.54. The van der Waals surface area contributed by atoms with Gasteiger partial charge >= 0.3 is 0 Å². The van der Waals surface area contributed by atoms with E-state index in [2.05, 4.69) is 10.2 Å². The van der Waals surface area contributed by atoms with Gasteiger partial charge in [0.1, 0.15) is 5.82 Å². The Kier molecular flexibility index (Phi) is 4.32. The van der Waals surface area contributed by atoms with E-state index in [4.69, 9.17) is 0 Å². The van der Waals surface area contributed by atoms with Crippen molar-refractivity contribution in [1.29, 1.82) is 0 Å². The van der Waals surface area contributed by atoms with E-state index >= 15 is 0 Å². The maximum absolute atomic E-state index is 12.2. The molecule has 0 bridgehead atoms. The Balaban J connectivity index is 1.77. The molecule has 0 radical (unpaired) electrons. The summed E-state index contributed by atoms with van der Waals surface area (Å²) in [5.74, 6) is 1.26. The van der Waals surface area contributed by atoms with Crippen molar-refractivity contribution in [3.05, 3.63) is 54.5 Å². The summed E-state index contributed by atoms with van der Waals surface area (Å²) in [4.78, 5) is 14.1. The number of piperidine rings is 1. The van der Waals surface area contributed by atoms with Gasteiger partial charge in [-0.15, -0.1) is 10.2 Å². The monoisotopic (exact) mass is 296 g/mol. The van der Waals surface area contributed by atoms with Crippen LogP contribution in [0.5, 0.6) is 0 Å². The van der Waals surface area contributed by atoms with Gasteiger partial charge in [-0.3, -0.25) is 9.20 Å². The van der Waals surface area contributed by atoms with E-state index < -0.39 is 0 Å². The molecule has 1 aliphatic heterocycles. The molecular weight excluding hydrogens is 276 g/mol. The molecule has 1 fully saturated rings. The Morgan fingerprint density at radius 3 is 3.09 bits per heavy atom. The molecule has 1 unspecified atom stereocenters. The van der Waals surface area contributed by atoms with Gasteiger partial charge in [0.05, 0.1) is 0 Å². The van der Waals surface area contributed by atoms with Crippen LogP contribution in [-0.4, -0.2) is 38.5 Å². The highest BCUT2D eigenvalue weighted by molar-refractivity contribution is 5.88. The summed E-state index contributed by atoms with van der Waals surface area (Å²) in [7, 11) is 0. The minimum atomic E-state index is 0.0663. The number of carbonyl (C=O) groups excluding carboxylic acids is 1. The lowest BCUT2D eigenvalue weighted by Gasteiger charge is -2.31. The number of fused-ring (bicyclic) bond motifs is 1. The maximum atomic E-state index is 12.2. The molecule has 1 saturated heterocycles. The predicted octanol–water partition coefficient (Wildman–Crippen LogP) is 2.57. The van der Waals surface area contributed by atoms with Crippen LogP contribution in [0.15, 0.2) is 48.7 Å². The van der Waals surface area contributed by atoms with E-state index in [0.717, 1.165) is 30.9 Å². The fraction of sp³-hybridized carbons (Fsp3) is 0.353. The van der Waals surface area contributed by atoms with Crippen molar-refractivity contribution in [3.63, 3.8) is 0 Å². The van der Waals surface area contributed by atoms with Gasteiger partial charge in [-0.05, 0) is 31.9 Å².